The van der Waals surface area contributed by atoms with Crippen LogP contribution in [0.5, 0.6) is 0 Å². The molecule has 6 heteroatoms. The monoisotopic (exact) mass is 324 g/mol. The van der Waals surface area contributed by atoms with Crippen LogP contribution in [0.25, 0.3) is 0 Å². The van der Waals surface area contributed by atoms with Crippen molar-refractivity contribution in [2.24, 2.45) is 5.73 Å². The fourth-order valence-electron chi connectivity index (χ4n) is 1.32. The van der Waals surface area contributed by atoms with Crippen LogP contribution in [-0.4, -0.2) is 18.0 Å². The molecule has 0 saturated heterocycles. The van der Waals surface area contributed by atoms with E-state index < -0.39 is 5.54 Å². The minimum Gasteiger partial charge on any atom is -0.354 e. The predicted octanol–water partition coefficient (Wildman–Crippen LogP) is 2.08. The van der Waals surface area contributed by atoms with Crippen LogP contribution in [-0.2, 0) is 11.2 Å². The van der Waals surface area contributed by atoms with E-state index in [9.17, 15) is 4.79 Å². The Labute approximate surface area is 113 Å². The second kappa shape index (κ2) is 5.49. The first-order valence-electron chi connectivity index (χ1n) is 4.91. The van der Waals surface area contributed by atoms with E-state index in [0.29, 0.717) is 6.54 Å². The summed E-state index contributed by atoms with van der Waals surface area (Å²) in [5.74, 6) is -0.00174. The summed E-state index contributed by atoms with van der Waals surface area (Å²) in [6, 6.07) is 4.09. The van der Waals surface area contributed by atoms with Crippen molar-refractivity contribution >= 4 is 45.6 Å². The lowest BCUT2D eigenvalue weighted by molar-refractivity contribution is -0.123. The van der Waals surface area contributed by atoms with E-state index in [2.05, 4.69) is 27.3 Å². The second-order valence-corrected chi connectivity index (χ2v) is 6.42. The Morgan fingerprint density at radius 3 is 2.75 bits per heavy atom. The zero-order chi connectivity index (χ0) is 10.9. The maximum atomic E-state index is 11.5. The fourth-order valence-corrected chi connectivity index (χ4v) is 2.81. The second-order valence-electron chi connectivity index (χ2n) is 3.87. The van der Waals surface area contributed by atoms with Gasteiger partial charge in [0.2, 0.25) is 5.91 Å². The Morgan fingerprint density at radius 1 is 1.56 bits per heavy atom. The normalized spacial score (nSPS) is 16.4. The molecule has 0 bridgehead atoms. The quantitative estimate of drug-likeness (QED) is 0.890. The van der Waals surface area contributed by atoms with Crippen molar-refractivity contribution < 1.29 is 4.79 Å². The zero-order valence-corrected chi connectivity index (χ0v) is 11.9. The van der Waals surface area contributed by atoms with E-state index in [1.54, 1.807) is 11.3 Å². The van der Waals surface area contributed by atoms with Gasteiger partial charge in [0.25, 0.3) is 0 Å². The summed E-state index contributed by atoms with van der Waals surface area (Å²) in [4.78, 5) is 12.7. The molecule has 1 aliphatic rings. The van der Waals surface area contributed by atoms with Gasteiger partial charge >= 0.3 is 0 Å². The number of thiophene rings is 1. The van der Waals surface area contributed by atoms with Crippen molar-refractivity contribution in [3.05, 3.63) is 20.8 Å². The lowest BCUT2D eigenvalue weighted by atomic mass is 10.2. The number of rotatable bonds is 4. The van der Waals surface area contributed by atoms with Crippen molar-refractivity contribution in [2.45, 2.75) is 24.8 Å². The molecule has 1 heterocycles. The lowest BCUT2D eigenvalue weighted by Gasteiger charge is -2.08. The van der Waals surface area contributed by atoms with Gasteiger partial charge in [-0.15, -0.1) is 23.7 Å². The number of amides is 1. The standard InChI is InChI=1S/C10H13BrN2OS.ClH/c11-8-2-1-7(15-8)3-6-13-9(14)10(12)4-5-10;/h1-2H,3-6,12H2,(H,13,14);1H. The Bertz CT molecular complexity index is 379. The number of nitrogens with one attached hydrogen (secondary N) is 1. The molecule has 1 aromatic rings. The topological polar surface area (TPSA) is 55.1 Å². The molecule has 0 aromatic carbocycles. The molecule has 16 heavy (non-hydrogen) atoms. The van der Waals surface area contributed by atoms with E-state index in [4.69, 9.17) is 5.73 Å². The van der Waals surface area contributed by atoms with Crippen LogP contribution < -0.4 is 11.1 Å². The first-order valence-corrected chi connectivity index (χ1v) is 6.52. The van der Waals surface area contributed by atoms with Crippen molar-refractivity contribution in [3.8, 4) is 0 Å². The zero-order valence-electron chi connectivity index (χ0n) is 8.66. The van der Waals surface area contributed by atoms with Crippen LogP contribution in [0.15, 0.2) is 15.9 Å². The van der Waals surface area contributed by atoms with Gasteiger partial charge in [-0.3, -0.25) is 4.79 Å². The van der Waals surface area contributed by atoms with E-state index in [1.807, 2.05) is 6.07 Å². The first-order chi connectivity index (χ1) is 7.10. The number of carbonyl (C=O) groups is 1. The Kier molecular flexibility index (Phi) is 4.79. The number of nitrogens with two attached hydrogens (primary N) is 1. The molecule has 90 valence electrons. The summed E-state index contributed by atoms with van der Waals surface area (Å²) in [5, 5.41) is 2.87. The highest BCUT2D eigenvalue weighted by Crippen LogP contribution is 2.32. The summed E-state index contributed by atoms with van der Waals surface area (Å²) >= 11 is 5.10. The summed E-state index contributed by atoms with van der Waals surface area (Å²) in [6.45, 7) is 0.671. The smallest absolute Gasteiger partial charge is 0.240 e. The third kappa shape index (κ3) is 3.45. The summed E-state index contributed by atoms with van der Waals surface area (Å²) in [7, 11) is 0. The predicted molar refractivity (Wildman–Crippen MR) is 72.1 cm³/mol. The molecular weight excluding hydrogens is 312 g/mol. The molecule has 1 fully saturated rings. The van der Waals surface area contributed by atoms with Crippen LogP contribution in [0, 0.1) is 0 Å². The Balaban J connectivity index is 0.00000128. The Morgan fingerprint density at radius 2 is 2.25 bits per heavy atom. The summed E-state index contributed by atoms with van der Waals surface area (Å²) < 4.78 is 1.13. The summed E-state index contributed by atoms with van der Waals surface area (Å²) in [5.41, 5.74) is 5.21. The third-order valence-corrected chi connectivity index (χ3v) is 4.21. The van der Waals surface area contributed by atoms with Gasteiger partial charge in [-0.05, 0) is 47.3 Å². The van der Waals surface area contributed by atoms with Crippen molar-refractivity contribution in [1.82, 2.24) is 5.32 Å². The molecule has 1 amide bonds. The number of halogens is 2. The van der Waals surface area contributed by atoms with Crippen LogP contribution >= 0.6 is 39.7 Å². The largest absolute Gasteiger partial charge is 0.354 e. The minimum atomic E-state index is -0.546. The highest BCUT2D eigenvalue weighted by atomic mass is 79.9. The molecular formula is C10H14BrClN2OS. The Hall–Kier alpha value is -0.100. The lowest BCUT2D eigenvalue weighted by Crippen LogP contribution is -2.43. The van der Waals surface area contributed by atoms with Gasteiger partial charge in [0.05, 0.1) is 9.33 Å². The van der Waals surface area contributed by atoms with E-state index >= 15 is 0 Å². The first kappa shape index (κ1) is 14.0. The molecule has 0 unspecified atom stereocenters. The highest BCUT2D eigenvalue weighted by Gasteiger charge is 2.45. The van der Waals surface area contributed by atoms with Gasteiger partial charge in [0.15, 0.2) is 0 Å². The average molecular weight is 326 g/mol. The van der Waals surface area contributed by atoms with Gasteiger partial charge in [0, 0.05) is 11.4 Å². The molecule has 3 nitrogen and oxygen atoms in total. The van der Waals surface area contributed by atoms with Crippen LogP contribution in [0.1, 0.15) is 17.7 Å². The number of carbonyl (C=O) groups excluding carboxylic acids is 1. The average Bonchev–Trinajstić information content (AvgIpc) is 2.81. The van der Waals surface area contributed by atoms with Crippen molar-refractivity contribution in [3.63, 3.8) is 0 Å². The third-order valence-electron chi connectivity index (χ3n) is 2.53. The van der Waals surface area contributed by atoms with Gasteiger partial charge in [-0.1, -0.05) is 0 Å². The van der Waals surface area contributed by atoms with E-state index in [1.165, 1.54) is 4.88 Å². The van der Waals surface area contributed by atoms with Gasteiger partial charge in [-0.25, -0.2) is 0 Å². The molecule has 0 aliphatic heterocycles. The minimum absolute atomic E-state index is 0. The number of hydrogen-bond donors (Lipinski definition) is 2. The SMILES string of the molecule is Cl.NC1(C(=O)NCCc2ccc(Br)s2)CC1. The van der Waals surface area contributed by atoms with Gasteiger partial charge in [0.1, 0.15) is 0 Å². The van der Waals surface area contributed by atoms with Gasteiger partial charge in [-0.2, -0.15) is 0 Å². The molecule has 1 aromatic heterocycles. The van der Waals surface area contributed by atoms with Crippen molar-refractivity contribution in [2.75, 3.05) is 6.54 Å². The molecule has 2 rings (SSSR count). The summed E-state index contributed by atoms with van der Waals surface area (Å²) in [6.07, 6.45) is 2.52. The molecule has 1 aliphatic carbocycles. The van der Waals surface area contributed by atoms with E-state index in [-0.39, 0.29) is 18.3 Å². The highest BCUT2D eigenvalue weighted by molar-refractivity contribution is 9.11. The molecule has 0 atom stereocenters. The number of hydrogen-bond acceptors (Lipinski definition) is 3. The van der Waals surface area contributed by atoms with Crippen molar-refractivity contribution in [1.29, 1.82) is 0 Å². The molecule has 1 saturated carbocycles. The van der Waals surface area contributed by atoms with Crippen LogP contribution in [0.4, 0.5) is 0 Å². The molecule has 0 spiro atoms. The van der Waals surface area contributed by atoms with Crippen LogP contribution in [0.2, 0.25) is 0 Å². The van der Waals surface area contributed by atoms with Gasteiger partial charge < -0.3 is 11.1 Å². The van der Waals surface area contributed by atoms with E-state index in [0.717, 1.165) is 23.0 Å². The maximum Gasteiger partial charge on any atom is 0.240 e. The van der Waals surface area contributed by atoms with Crippen LogP contribution in [0.3, 0.4) is 0 Å². The fraction of sp³-hybridized carbons (Fsp3) is 0.500. The molecule has 3 N–H and O–H groups in total. The maximum absolute atomic E-state index is 11.5. The molecule has 0 radical (unpaired) electrons.